The lowest BCUT2D eigenvalue weighted by molar-refractivity contribution is 0.0999. The zero-order valence-corrected chi connectivity index (χ0v) is 14.7. The van der Waals surface area contributed by atoms with E-state index in [4.69, 9.17) is 11.5 Å². The normalized spacial score (nSPS) is 10.5. The Morgan fingerprint density at radius 1 is 0.654 bits per heavy atom. The van der Waals surface area contributed by atoms with Crippen molar-refractivity contribution in [3.63, 3.8) is 0 Å². The molecule has 0 radical (unpaired) electrons. The van der Waals surface area contributed by atoms with E-state index in [1.807, 2.05) is 68.4 Å². The molecule has 0 saturated carbocycles. The van der Waals surface area contributed by atoms with E-state index in [-0.39, 0.29) is 11.1 Å². The average Bonchev–Trinajstić information content (AvgIpc) is 2.60. The highest BCUT2D eigenvalue weighted by molar-refractivity contribution is 6.07. The lowest BCUT2D eigenvalue weighted by Gasteiger charge is -2.15. The zero-order valence-electron chi connectivity index (χ0n) is 14.7. The molecule has 0 saturated heterocycles. The SMILES string of the molecule is Cc1cccc(-c2cc(-c3cccc(C)c3)c(C(N)=O)cc2C(N)=O)c1. The first kappa shape index (κ1) is 17.4. The summed E-state index contributed by atoms with van der Waals surface area (Å²) in [5.74, 6) is -1.19. The van der Waals surface area contributed by atoms with Crippen molar-refractivity contribution in [1.82, 2.24) is 0 Å². The fraction of sp³-hybridized carbons (Fsp3) is 0.0909. The van der Waals surface area contributed by atoms with Crippen molar-refractivity contribution in [2.45, 2.75) is 13.8 Å². The average molecular weight is 344 g/mol. The van der Waals surface area contributed by atoms with E-state index in [0.717, 1.165) is 22.3 Å². The van der Waals surface area contributed by atoms with Gasteiger partial charge in [-0.3, -0.25) is 9.59 Å². The summed E-state index contributed by atoms with van der Waals surface area (Å²) in [6, 6.07) is 18.9. The Morgan fingerprint density at radius 2 is 1.08 bits per heavy atom. The van der Waals surface area contributed by atoms with Gasteiger partial charge in [0.25, 0.3) is 0 Å². The molecule has 0 aromatic heterocycles. The van der Waals surface area contributed by atoms with Crippen LogP contribution >= 0.6 is 0 Å². The molecule has 0 fully saturated rings. The second kappa shape index (κ2) is 6.84. The van der Waals surface area contributed by atoms with Gasteiger partial charge in [0.15, 0.2) is 0 Å². The van der Waals surface area contributed by atoms with Crippen molar-refractivity contribution in [1.29, 1.82) is 0 Å². The van der Waals surface area contributed by atoms with E-state index in [1.54, 1.807) is 0 Å². The summed E-state index contributed by atoms with van der Waals surface area (Å²) in [6.45, 7) is 3.96. The first-order chi connectivity index (χ1) is 12.4. The van der Waals surface area contributed by atoms with Crippen LogP contribution in [0.15, 0.2) is 60.7 Å². The highest BCUT2D eigenvalue weighted by Gasteiger charge is 2.19. The topological polar surface area (TPSA) is 86.2 Å². The Bertz CT molecular complexity index is 944. The molecule has 4 nitrogen and oxygen atoms in total. The molecule has 0 spiro atoms. The molecule has 0 aliphatic carbocycles. The summed E-state index contributed by atoms with van der Waals surface area (Å²) >= 11 is 0. The number of primary amides is 2. The quantitative estimate of drug-likeness (QED) is 0.753. The summed E-state index contributed by atoms with van der Waals surface area (Å²) in [7, 11) is 0. The standard InChI is InChI=1S/C22H20N2O2/c1-13-5-3-7-15(9-13)17-11-18(16-8-4-6-14(2)10-16)20(22(24)26)12-19(17)21(23)25/h3-12H,1-2H3,(H2,23,25)(H2,24,26). The molecule has 130 valence electrons. The Morgan fingerprint density at radius 3 is 1.42 bits per heavy atom. The minimum Gasteiger partial charge on any atom is -0.366 e. The van der Waals surface area contributed by atoms with Gasteiger partial charge in [0.2, 0.25) is 11.8 Å². The summed E-state index contributed by atoms with van der Waals surface area (Å²) in [5.41, 5.74) is 16.9. The molecule has 3 rings (SSSR count). The maximum atomic E-state index is 12.0. The summed E-state index contributed by atoms with van der Waals surface area (Å²) in [6.07, 6.45) is 0. The van der Waals surface area contributed by atoms with Crippen LogP contribution in [-0.4, -0.2) is 11.8 Å². The molecule has 2 amide bonds. The predicted molar refractivity (Wildman–Crippen MR) is 104 cm³/mol. The van der Waals surface area contributed by atoms with Gasteiger partial charge in [-0.1, -0.05) is 59.7 Å². The Labute approximate surface area is 152 Å². The molecule has 4 N–H and O–H groups in total. The lowest BCUT2D eigenvalue weighted by Crippen LogP contribution is -2.17. The van der Waals surface area contributed by atoms with E-state index >= 15 is 0 Å². The number of hydrogen-bond donors (Lipinski definition) is 2. The van der Waals surface area contributed by atoms with E-state index in [2.05, 4.69) is 0 Å². The van der Waals surface area contributed by atoms with Crippen molar-refractivity contribution < 1.29 is 9.59 Å². The van der Waals surface area contributed by atoms with Crippen LogP contribution in [0, 0.1) is 13.8 Å². The van der Waals surface area contributed by atoms with Crippen LogP contribution in [0.2, 0.25) is 0 Å². The first-order valence-electron chi connectivity index (χ1n) is 8.28. The van der Waals surface area contributed by atoms with Crippen LogP contribution in [0.3, 0.4) is 0 Å². The van der Waals surface area contributed by atoms with Gasteiger partial charge in [0.05, 0.1) is 0 Å². The van der Waals surface area contributed by atoms with Gasteiger partial charge in [-0.2, -0.15) is 0 Å². The maximum absolute atomic E-state index is 12.0. The van der Waals surface area contributed by atoms with Crippen LogP contribution in [0.25, 0.3) is 22.3 Å². The fourth-order valence-electron chi connectivity index (χ4n) is 3.11. The summed E-state index contributed by atoms with van der Waals surface area (Å²) < 4.78 is 0. The molecule has 0 aliphatic heterocycles. The number of carbonyl (C=O) groups excluding carboxylic acids is 2. The lowest BCUT2D eigenvalue weighted by atomic mass is 9.89. The third-order valence-electron chi connectivity index (χ3n) is 4.35. The number of rotatable bonds is 4. The molecule has 3 aromatic carbocycles. The number of hydrogen-bond acceptors (Lipinski definition) is 2. The Balaban J connectivity index is 2.35. The minimum atomic E-state index is -0.597. The van der Waals surface area contributed by atoms with Crippen LogP contribution in [0.5, 0.6) is 0 Å². The maximum Gasteiger partial charge on any atom is 0.249 e. The van der Waals surface area contributed by atoms with Crippen LogP contribution in [0.4, 0.5) is 0 Å². The Hall–Kier alpha value is -3.40. The number of carbonyl (C=O) groups is 2. The smallest absolute Gasteiger partial charge is 0.249 e. The van der Waals surface area contributed by atoms with Crippen molar-refractivity contribution in [2.75, 3.05) is 0 Å². The van der Waals surface area contributed by atoms with Gasteiger partial charge in [-0.25, -0.2) is 0 Å². The van der Waals surface area contributed by atoms with Gasteiger partial charge in [-0.15, -0.1) is 0 Å². The van der Waals surface area contributed by atoms with Crippen LogP contribution in [0.1, 0.15) is 31.8 Å². The zero-order chi connectivity index (χ0) is 18.8. The molecular weight excluding hydrogens is 324 g/mol. The highest BCUT2D eigenvalue weighted by Crippen LogP contribution is 2.33. The molecule has 0 heterocycles. The van der Waals surface area contributed by atoms with E-state index < -0.39 is 11.8 Å². The van der Waals surface area contributed by atoms with Crippen LogP contribution in [-0.2, 0) is 0 Å². The first-order valence-corrected chi connectivity index (χ1v) is 8.28. The number of aryl methyl sites for hydroxylation is 2. The number of benzene rings is 3. The third kappa shape index (κ3) is 3.35. The number of nitrogens with two attached hydrogens (primary N) is 2. The molecule has 0 bridgehead atoms. The van der Waals surface area contributed by atoms with Gasteiger partial charge in [-0.05, 0) is 48.2 Å². The number of amides is 2. The van der Waals surface area contributed by atoms with Crippen molar-refractivity contribution in [2.24, 2.45) is 11.5 Å². The summed E-state index contributed by atoms with van der Waals surface area (Å²) in [5, 5.41) is 0. The van der Waals surface area contributed by atoms with Crippen LogP contribution < -0.4 is 11.5 Å². The van der Waals surface area contributed by atoms with Gasteiger partial charge in [0, 0.05) is 11.1 Å². The van der Waals surface area contributed by atoms with Gasteiger partial charge in [0.1, 0.15) is 0 Å². The molecule has 4 heteroatoms. The van der Waals surface area contributed by atoms with Crippen molar-refractivity contribution >= 4 is 11.8 Å². The van der Waals surface area contributed by atoms with Crippen molar-refractivity contribution in [3.05, 3.63) is 82.9 Å². The molecule has 0 atom stereocenters. The Kier molecular flexibility index (Phi) is 4.59. The predicted octanol–water partition coefficient (Wildman–Crippen LogP) is 3.84. The second-order valence-electron chi connectivity index (χ2n) is 6.41. The second-order valence-corrected chi connectivity index (χ2v) is 6.41. The largest absolute Gasteiger partial charge is 0.366 e. The molecule has 0 unspecified atom stereocenters. The monoisotopic (exact) mass is 344 g/mol. The fourth-order valence-corrected chi connectivity index (χ4v) is 3.11. The van der Waals surface area contributed by atoms with E-state index in [0.29, 0.717) is 11.1 Å². The molecule has 0 aliphatic rings. The van der Waals surface area contributed by atoms with Crippen molar-refractivity contribution in [3.8, 4) is 22.3 Å². The molecular formula is C22H20N2O2. The van der Waals surface area contributed by atoms with Gasteiger partial charge < -0.3 is 11.5 Å². The molecule has 26 heavy (non-hydrogen) atoms. The van der Waals surface area contributed by atoms with E-state index in [9.17, 15) is 9.59 Å². The molecule has 3 aromatic rings. The van der Waals surface area contributed by atoms with E-state index in [1.165, 1.54) is 6.07 Å². The third-order valence-corrected chi connectivity index (χ3v) is 4.35. The highest BCUT2D eigenvalue weighted by atomic mass is 16.1. The summed E-state index contributed by atoms with van der Waals surface area (Å²) in [4.78, 5) is 24.1. The minimum absolute atomic E-state index is 0.279. The van der Waals surface area contributed by atoms with Gasteiger partial charge >= 0.3 is 0 Å².